The molecule has 0 radical (unpaired) electrons. The Bertz CT molecular complexity index is 368. The average molecular weight is 251 g/mol. The van der Waals surface area contributed by atoms with Crippen LogP contribution in [0.2, 0.25) is 0 Å². The van der Waals surface area contributed by atoms with E-state index in [2.05, 4.69) is 11.4 Å². The lowest BCUT2D eigenvalue weighted by atomic mass is 10.2. The number of methoxy groups -OCH3 is 1. The minimum Gasteiger partial charge on any atom is -0.454 e. The van der Waals surface area contributed by atoms with Crippen molar-refractivity contribution in [3.05, 3.63) is 23.8 Å². The van der Waals surface area contributed by atoms with Gasteiger partial charge in [0, 0.05) is 20.3 Å². The van der Waals surface area contributed by atoms with Gasteiger partial charge in [-0.25, -0.2) is 0 Å². The quantitative estimate of drug-likeness (QED) is 0.720. The Morgan fingerprint density at radius 3 is 2.94 bits per heavy atom. The first-order chi connectivity index (χ1) is 8.90. The molecule has 0 amide bonds. The van der Waals surface area contributed by atoms with Gasteiger partial charge in [-0.2, -0.15) is 0 Å². The van der Waals surface area contributed by atoms with E-state index in [9.17, 15) is 0 Å². The summed E-state index contributed by atoms with van der Waals surface area (Å²) in [5.74, 6) is 1.70. The molecule has 4 heteroatoms. The molecular formula is C14H21NO3. The summed E-state index contributed by atoms with van der Waals surface area (Å²) in [7, 11) is 1.75. The summed E-state index contributed by atoms with van der Waals surface area (Å²) in [5.41, 5.74) is 1.23. The molecule has 1 N–H and O–H groups in total. The summed E-state index contributed by atoms with van der Waals surface area (Å²) < 4.78 is 15.6. The highest BCUT2D eigenvalue weighted by molar-refractivity contribution is 5.44. The van der Waals surface area contributed by atoms with Crippen molar-refractivity contribution in [2.75, 3.05) is 27.1 Å². The Balaban J connectivity index is 1.62. The molecule has 0 saturated carbocycles. The van der Waals surface area contributed by atoms with Crippen LogP contribution in [0.4, 0.5) is 0 Å². The molecule has 1 aliphatic rings. The highest BCUT2D eigenvalue weighted by Gasteiger charge is 2.12. The van der Waals surface area contributed by atoms with Crippen LogP contribution in [0, 0.1) is 0 Å². The molecule has 0 atom stereocenters. The molecule has 0 unspecified atom stereocenters. The van der Waals surface area contributed by atoms with Crippen LogP contribution in [0.3, 0.4) is 0 Å². The van der Waals surface area contributed by atoms with Crippen molar-refractivity contribution in [2.24, 2.45) is 0 Å². The predicted molar refractivity (Wildman–Crippen MR) is 70.0 cm³/mol. The Morgan fingerprint density at radius 2 is 2.06 bits per heavy atom. The zero-order valence-corrected chi connectivity index (χ0v) is 10.9. The molecule has 2 rings (SSSR count). The van der Waals surface area contributed by atoms with E-state index in [0.717, 1.165) is 37.6 Å². The maximum atomic E-state index is 5.35. The molecule has 0 aromatic heterocycles. The number of fused-ring (bicyclic) bond motifs is 1. The first-order valence-electron chi connectivity index (χ1n) is 6.48. The molecule has 0 spiro atoms. The molecular weight excluding hydrogens is 230 g/mol. The monoisotopic (exact) mass is 251 g/mol. The normalized spacial score (nSPS) is 12.9. The molecule has 0 saturated heterocycles. The molecule has 0 aliphatic carbocycles. The average Bonchev–Trinajstić information content (AvgIpc) is 2.85. The fraction of sp³-hybridized carbons (Fsp3) is 0.571. The largest absolute Gasteiger partial charge is 0.454 e. The van der Waals surface area contributed by atoms with E-state index in [1.165, 1.54) is 18.4 Å². The fourth-order valence-corrected chi connectivity index (χ4v) is 1.96. The van der Waals surface area contributed by atoms with Crippen molar-refractivity contribution in [1.82, 2.24) is 5.32 Å². The lowest BCUT2D eigenvalue weighted by Gasteiger charge is -2.06. The van der Waals surface area contributed by atoms with E-state index in [1.807, 2.05) is 12.1 Å². The van der Waals surface area contributed by atoms with Gasteiger partial charge in [0.25, 0.3) is 0 Å². The number of rotatable bonds is 8. The van der Waals surface area contributed by atoms with Gasteiger partial charge in [-0.15, -0.1) is 0 Å². The Morgan fingerprint density at radius 1 is 1.17 bits per heavy atom. The Labute approximate surface area is 108 Å². The number of nitrogens with one attached hydrogen (secondary N) is 1. The van der Waals surface area contributed by atoms with Gasteiger partial charge in [0.2, 0.25) is 6.79 Å². The highest BCUT2D eigenvalue weighted by Crippen LogP contribution is 2.32. The minimum atomic E-state index is 0.339. The standard InChI is InChI=1S/C14H21NO3/c1-16-8-4-2-3-7-15-10-12-5-6-13-14(9-12)18-11-17-13/h5-6,9,15H,2-4,7-8,10-11H2,1H3. The maximum absolute atomic E-state index is 5.35. The van der Waals surface area contributed by atoms with Crippen LogP contribution in [0.1, 0.15) is 24.8 Å². The number of hydrogen-bond donors (Lipinski definition) is 1. The van der Waals surface area contributed by atoms with Crippen LogP contribution in [-0.2, 0) is 11.3 Å². The highest BCUT2D eigenvalue weighted by atomic mass is 16.7. The second kappa shape index (κ2) is 7.24. The van der Waals surface area contributed by atoms with Gasteiger partial charge in [0.15, 0.2) is 11.5 Å². The van der Waals surface area contributed by atoms with E-state index in [-0.39, 0.29) is 0 Å². The molecule has 0 fully saturated rings. The summed E-state index contributed by atoms with van der Waals surface area (Å²) in [6.45, 7) is 3.12. The third-order valence-electron chi connectivity index (χ3n) is 2.97. The Hall–Kier alpha value is -1.26. The topological polar surface area (TPSA) is 39.7 Å². The number of unbranched alkanes of at least 4 members (excludes halogenated alkanes) is 2. The summed E-state index contributed by atoms with van der Waals surface area (Å²) >= 11 is 0. The Kier molecular flexibility index (Phi) is 5.30. The molecule has 1 heterocycles. The fourth-order valence-electron chi connectivity index (χ4n) is 1.96. The second-order valence-electron chi connectivity index (χ2n) is 4.42. The van der Waals surface area contributed by atoms with Crippen LogP contribution in [0.5, 0.6) is 11.5 Å². The SMILES string of the molecule is COCCCCCNCc1ccc2c(c1)OCO2. The number of ether oxygens (including phenoxy) is 3. The zero-order chi connectivity index (χ0) is 12.6. The molecule has 1 aromatic carbocycles. The summed E-state index contributed by atoms with van der Waals surface area (Å²) in [6.07, 6.45) is 3.54. The van der Waals surface area contributed by atoms with E-state index >= 15 is 0 Å². The third-order valence-corrected chi connectivity index (χ3v) is 2.97. The molecule has 18 heavy (non-hydrogen) atoms. The minimum absolute atomic E-state index is 0.339. The molecule has 0 bridgehead atoms. The number of benzene rings is 1. The van der Waals surface area contributed by atoms with Crippen LogP contribution in [-0.4, -0.2) is 27.1 Å². The van der Waals surface area contributed by atoms with Gasteiger partial charge in [0.05, 0.1) is 0 Å². The van der Waals surface area contributed by atoms with Crippen molar-refractivity contribution < 1.29 is 14.2 Å². The summed E-state index contributed by atoms with van der Waals surface area (Å²) in [4.78, 5) is 0. The van der Waals surface area contributed by atoms with E-state index in [1.54, 1.807) is 7.11 Å². The molecule has 1 aliphatic heterocycles. The first kappa shape index (κ1) is 13.2. The maximum Gasteiger partial charge on any atom is 0.231 e. The van der Waals surface area contributed by atoms with Crippen LogP contribution in [0.25, 0.3) is 0 Å². The first-order valence-corrected chi connectivity index (χ1v) is 6.48. The van der Waals surface area contributed by atoms with Gasteiger partial charge in [-0.1, -0.05) is 6.07 Å². The van der Waals surface area contributed by atoms with Gasteiger partial charge in [0.1, 0.15) is 0 Å². The van der Waals surface area contributed by atoms with E-state index in [4.69, 9.17) is 14.2 Å². The lowest BCUT2D eigenvalue weighted by Crippen LogP contribution is -2.14. The molecule has 4 nitrogen and oxygen atoms in total. The smallest absolute Gasteiger partial charge is 0.231 e. The van der Waals surface area contributed by atoms with Gasteiger partial charge in [-0.3, -0.25) is 0 Å². The zero-order valence-electron chi connectivity index (χ0n) is 10.9. The van der Waals surface area contributed by atoms with Crippen molar-refractivity contribution >= 4 is 0 Å². The summed E-state index contributed by atoms with van der Waals surface area (Å²) in [6, 6.07) is 6.09. The second-order valence-corrected chi connectivity index (χ2v) is 4.42. The van der Waals surface area contributed by atoms with Crippen LogP contribution < -0.4 is 14.8 Å². The van der Waals surface area contributed by atoms with Crippen molar-refractivity contribution in [2.45, 2.75) is 25.8 Å². The summed E-state index contributed by atoms with van der Waals surface area (Å²) in [5, 5.41) is 3.43. The van der Waals surface area contributed by atoms with Gasteiger partial charge >= 0.3 is 0 Å². The number of hydrogen-bond acceptors (Lipinski definition) is 4. The van der Waals surface area contributed by atoms with E-state index < -0.39 is 0 Å². The van der Waals surface area contributed by atoms with Crippen LogP contribution >= 0.6 is 0 Å². The molecule has 1 aromatic rings. The van der Waals surface area contributed by atoms with Crippen molar-refractivity contribution in [3.8, 4) is 11.5 Å². The van der Waals surface area contributed by atoms with E-state index in [0.29, 0.717) is 6.79 Å². The molecule has 100 valence electrons. The van der Waals surface area contributed by atoms with Gasteiger partial charge in [-0.05, 0) is 43.5 Å². The lowest BCUT2D eigenvalue weighted by molar-refractivity contribution is 0.174. The predicted octanol–water partition coefficient (Wildman–Crippen LogP) is 2.32. The van der Waals surface area contributed by atoms with Gasteiger partial charge < -0.3 is 19.5 Å². The van der Waals surface area contributed by atoms with Crippen molar-refractivity contribution in [3.63, 3.8) is 0 Å². The van der Waals surface area contributed by atoms with Crippen molar-refractivity contribution in [1.29, 1.82) is 0 Å². The van der Waals surface area contributed by atoms with Crippen LogP contribution in [0.15, 0.2) is 18.2 Å². The third kappa shape index (κ3) is 3.89.